The van der Waals surface area contributed by atoms with Crippen LogP contribution in [0.25, 0.3) is 0 Å². The number of nitrogens with zero attached hydrogens (tertiary/aromatic N) is 1. The van der Waals surface area contributed by atoms with Crippen molar-refractivity contribution in [3.8, 4) is 0 Å². The molecule has 0 radical (unpaired) electrons. The lowest BCUT2D eigenvalue weighted by molar-refractivity contribution is -0.119. The van der Waals surface area contributed by atoms with Crippen LogP contribution in [0.1, 0.15) is 6.92 Å². The molecule has 0 aliphatic carbocycles. The van der Waals surface area contributed by atoms with Gasteiger partial charge in [-0.3, -0.25) is 4.79 Å². The molecule has 0 aliphatic rings. The van der Waals surface area contributed by atoms with Gasteiger partial charge in [-0.25, -0.2) is 4.98 Å². The molecule has 4 nitrogen and oxygen atoms in total. The molecule has 1 heterocycles. The Kier molecular flexibility index (Phi) is 4.03. The Morgan fingerprint density at radius 3 is 3.07 bits per heavy atom. The van der Waals surface area contributed by atoms with Gasteiger partial charge in [-0.2, -0.15) is 0 Å². The number of aromatic nitrogens is 1. The van der Waals surface area contributed by atoms with Gasteiger partial charge in [0.05, 0.1) is 4.47 Å². The van der Waals surface area contributed by atoms with E-state index >= 15 is 0 Å². The highest BCUT2D eigenvalue weighted by Gasteiger charge is 2.12. The number of carbonyl (C=O) groups is 1. The lowest BCUT2D eigenvalue weighted by atomic mass is 10.2. The van der Waals surface area contributed by atoms with Gasteiger partial charge in [0, 0.05) is 18.7 Å². The molecule has 76 valence electrons. The summed E-state index contributed by atoms with van der Waals surface area (Å²) < 4.78 is 0.762. The second kappa shape index (κ2) is 5.07. The van der Waals surface area contributed by atoms with Crippen LogP contribution in [0.15, 0.2) is 22.8 Å². The van der Waals surface area contributed by atoms with Crippen LogP contribution in [0, 0.1) is 5.92 Å². The van der Waals surface area contributed by atoms with Crippen molar-refractivity contribution >= 4 is 27.7 Å². The Labute approximate surface area is 91.0 Å². The van der Waals surface area contributed by atoms with Crippen molar-refractivity contribution in [2.75, 3.05) is 11.9 Å². The summed E-state index contributed by atoms with van der Waals surface area (Å²) in [7, 11) is 0. The maximum atomic E-state index is 11.4. The predicted molar refractivity (Wildman–Crippen MR) is 58.8 cm³/mol. The topological polar surface area (TPSA) is 68.0 Å². The first-order chi connectivity index (χ1) is 6.65. The minimum atomic E-state index is -0.205. The summed E-state index contributed by atoms with van der Waals surface area (Å²) in [6.07, 6.45) is 1.62. The zero-order chi connectivity index (χ0) is 10.6. The Bertz CT molecular complexity index is 330. The van der Waals surface area contributed by atoms with E-state index in [0.29, 0.717) is 12.4 Å². The van der Waals surface area contributed by atoms with Crippen LogP contribution in [-0.4, -0.2) is 17.4 Å². The minimum absolute atomic E-state index is 0.119. The van der Waals surface area contributed by atoms with Crippen molar-refractivity contribution in [1.29, 1.82) is 0 Å². The first kappa shape index (κ1) is 11.1. The third-order valence-electron chi connectivity index (χ3n) is 1.80. The average Bonchev–Trinajstić information content (AvgIpc) is 2.20. The van der Waals surface area contributed by atoms with E-state index in [0.717, 1.165) is 4.47 Å². The molecule has 1 atom stereocenters. The van der Waals surface area contributed by atoms with E-state index in [1.165, 1.54) is 0 Å². The lowest BCUT2D eigenvalue weighted by Gasteiger charge is -2.09. The smallest absolute Gasteiger partial charge is 0.229 e. The molecular weight excluding hydrogens is 246 g/mol. The number of rotatable bonds is 3. The summed E-state index contributed by atoms with van der Waals surface area (Å²) >= 11 is 3.29. The van der Waals surface area contributed by atoms with Gasteiger partial charge in [0.1, 0.15) is 5.82 Å². The van der Waals surface area contributed by atoms with E-state index in [1.54, 1.807) is 19.2 Å². The van der Waals surface area contributed by atoms with Crippen LogP contribution in [-0.2, 0) is 4.79 Å². The van der Waals surface area contributed by atoms with Gasteiger partial charge in [-0.1, -0.05) is 6.92 Å². The number of pyridine rings is 1. The number of nitrogens with one attached hydrogen (secondary N) is 1. The molecule has 3 N–H and O–H groups in total. The van der Waals surface area contributed by atoms with Gasteiger partial charge in [0.2, 0.25) is 5.91 Å². The number of nitrogens with two attached hydrogens (primary N) is 1. The first-order valence-corrected chi connectivity index (χ1v) is 5.06. The summed E-state index contributed by atoms with van der Waals surface area (Å²) in [6.45, 7) is 2.10. The zero-order valence-corrected chi connectivity index (χ0v) is 9.41. The summed E-state index contributed by atoms with van der Waals surface area (Å²) in [5, 5.41) is 2.68. The highest BCUT2D eigenvalue weighted by atomic mass is 79.9. The Morgan fingerprint density at radius 1 is 1.79 bits per heavy atom. The van der Waals surface area contributed by atoms with Crippen molar-refractivity contribution < 1.29 is 4.79 Å². The molecular formula is C9H12BrN3O. The molecule has 0 aliphatic heterocycles. The molecule has 0 aromatic carbocycles. The maximum Gasteiger partial charge on any atom is 0.229 e. The normalized spacial score (nSPS) is 12.2. The summed E-state index contributed by atoms with van der Waals surface area (Å²) in [5.41, 5.74) is 5.37. The number of carbonyl (C=O) groups excluding carboxylic acids is 1. The largest absolute Gasteiger partial charge is 0.330 e. The van der Waals surface area contributed by atoms with E-state index < -0.39 is 0 Å². The molecule has 1 aromatic rings. The van der Waals surface area contributed by atoms with E-state index in [9.17, 15) is 4.79 Å². The lowest BCUT2D eigenvalue weighted by Crippen LogP contribution is -2.27. The highest BCUT2D eigenvalue weighted by molar-refractivity contribution is 9.10. The van der Waals surface area contributed by atoms with E-state index in [-0.39, 0.29) is 11.8 Å². The number of hydrogen-bond donors (Lipinski definition) is 2. The van der Waals surface area contributed by atoms with Crippen LogP contribution in [0.2, 0.25) is 0 Å². The van der Waals surface area contributed by atoms with Gasteiger partial charge in [-0.15, -0.1) is 0 Å². The van der Waals surface area contributed by atoms with Gasteiger partial charge in [-0.05, 0) is 28.1 Å². The molecule has 1 rings (SSSR count). The fourth-order valence-corrected chi connectivity index (χ4v) is 1.18. The number of halogens is 1. The second-order valence-electron chi connectivity index (χ2n) is 2.96. The Hall–Kier alpha value is -0.940. The third kappa shape index (κ3) is 2.78. The minimum Gasteiger partial charge on any atom is -0.330 e. The van der Waals surface area contributed by atoms with Crippen LogP contribution in [0.3, 0.4) is 0 Å². The molecule has 0 saturated carbocycles. The fourth-order valence-electron chi connectivity index (χ4n) is 0.825. The van der Waals surface area contributed by atoms with E-state index in [1.807, 2.05) is 6.07 Å². The van der Waals surface area contributed by atoms with Crippen LogP contribution in [0.4, 0.5) is 5.82 Å². The molecule has 0 spiro atoms. The molecule has 14 heavy (non-hydrogen) atoms. The van der Waals surface area contributed by atoms with Crippen molar-refractivity contribution in [3.05, 3.63) is 22.8 Å². The maximum absolute atomic E-state index is 11.4. The zero-order valence-electron chi connectivity index (χ0n) is 7.83. The van der Waals surface area contributed by atoms with Crippen LogP contribution < -0.4 is 11.1 Å². The average molecular weight is 258 g/mol. The standard InChI is InChI=1S/C9H12BrN3O/c1-6(5-11)9(14)13-8-7(10)3-2-4-12-8/h2-4,6H,5,11H2,1H3,(H,12,13,14). The molecule has 0 bridgehead atoms. The van der Waals surface area contributed by atoms with E-state index in [2.05, 4.69) is 26.2 Å². The summed E-state index contributed by atoms with van der Waals surface area (Å²) in [6, 6.07) is 3.60. The fraction of sp³-hybridized carbons (Fsp3) is 0.333. The van der Waals surface area contributed by atoms with Crippen molar-refractivity contribution in [3.63, 3.8) is 0 Å². The third-order valence-corrected chi connectivity index (χ3v) is 2.44. The summed E-state index contributed by atoms with van der Waals surface area (Å²) in [5.74, 6) is 0.202. The van der Waals surface area contributed by atoms with E-state index in [4.69, 9.17) is 5.73 Å². The highest BCUT2D eigenvalue weighted by Crippen LogP contribution is 2.18. The molecule has 1 amide bonds. The van der Waals surface area contributed by atoms with Crippen molar-refractivity contribution in [1.82, 2.24) is 4.98 Å². The summed E-state index contributed by atoms with van der Waals surface area (Å²) in [4.78, 5) is 15.5. The Balaban J connectivity index is 2.70. The number of hydrogen-bond acceptors (Lipinski definition) is 3. The van der Waals surface area contributed by atoms with Gasteiger partial charge in [0.15, 0.2) is 0 Å². The monoisotopic (exact) mass is 257 g/mol. The first-order valence-electron chi connectivity index (χ1n) is 4.26. The molecule has 0 fully saturated rings. The number of anilines is 1. The van der Waals surface area contributed by atoms with Crippen molar-refractivity contribution in [2.45, 2.75) is 6.92 Å². The quantitative estimate of drug-likeness (QED) is 0.860. The predicted octanol–water partition coefficient (Wildman–Crippen LogP) is 1.38. The van der Waals surface area contributed by atoms with Gasteiger partial charge in [0.25, 0.3) is 0 Å². The second-order valence-corrected chi connectivity index (χ2v) is 3.81. The van der Waals surface area contributed by atoms with Gasteiger partial charge >= 0.3 is 0 Å². The molecule has 0 saturated heterocycles. The molecule has 1 aromatic heterocycles. The number of amides is 1. The van der Waals surface area contributed by atoms with Crippen molar-refractivity contribution in [2.24, 2.45) is 11.7 Å². The van der Waals surface area contributed by atoms with Crippen LogP contribution in [0.5, 0.6) is 0 Å². The Morgan fingerprint density at radius 2 is 2.50 bits per heavy atom. The van der Waals surface area contributed by atoms with Gasteiger partial charge < -0.3 is 11.1 Å². The van der Waals surface area contributed by atoms with Crippen LogP contribution >= 0.6 is 15.9 Å². The molecule has 5 heteroatoms. The SMILES string of the molecule is CC(CN)C(=O)Nc1ncccc1Br. The molecule has 1 unspecified atom stereocenters.